The molecular weight excluding hydrogens is 663 g/mol. The summed E-state index contributed by atoms with van der Waals surface area (Å²) in [6.07, 6.45) is 0. The number of rotatable bonds is 1. The summed E-state index contributed by atoms with van der Waals surface area (Å²) in [5.41, 5.74) is -6.00. The van der Waals surface area contributed by atoms with Crippen LogP contribution in [-0.2, 0) is 5.41 Å². The third kappa shape index (κ3) is 3.70. The highest BCUT2D eigenvalue weighted by atomic mass is 32.1. The first kappa shape index (κ1) is 15.4. The van der Waals surface area contributed by atoms with Crippen LogP contribution in [0.1, 0.15) is 62.1 Å². The molecule has 12 rings (SSSR count). The van der Waals surface area contributed by atoms with Gasteiger partial charge in [-0.15, -0.1) is 11.3 Å². The standard InChI is InChI=1S/C47H31BN4S/c1-47(2,3)28-18-21-37-35(24-28)48-34-13-9-16-39-46(34)52(38-15-8-12-33-30-10-4-6-14-36(30)51(39)45(33)38)41-23-27(26-49)22-40(44(41)48)50(37)29-19-20-32-31-11-5-7-17-42(31)53-43(32)25-29/h4-25H,1-3H3/i4D,5D,6D,7D,8D,9D,10D,11D,12D,13D,14D,15D,16D,17D,18D,19D,20D,21D,22D,23D,24D,25D. The van der Waals surface area contributed by atoms with Crippen molar-refractivity contribution >= 4 is 111 Å². The Bertz CT molecular complexity index is 4420. The normalized spacial score (nSPS) is 19.6. The van der Waals surface area contributed by atoms with Crippen molar-refractivity contribution in [3.63, 3.8) is 0 Å². The number of hydrogen-bond acceptors (Lipinski definition) is 4. The highest BCUT2D eigenvalue weighted by Gasteiger charge is 2.46. The SMILES string of the molecule is [2H]c1c([2H])c2c3c(c1[2H])-n1c4c([2H])c([2H])c([2H])c([2H])c4c4c([2H])c([2H])c([2H])c(c41)N3c1c([2H])c(C#N)c([2H])c3c1B2c1c([2H])c(C(C)(C)C)c([2H])c([2H])c1N3c1c([2H])c([2H])c2c(sc3c([2H])c([2H])c([2H])c([2H])c32)c1[2H]. The van der Waals surface area contributed by atoms with Crippen molar-refractivity contribution in [3.05, 3.63) is 144 Å². The van der Waals surface area contributed by atoms with Crippen LogP contribution in [0.15, 0.2) is 133 Å². The van der Waals surface area contributed by atoms with E-state index in [2.05, 4.69) is 0 Å². The van der Waals surface area contributed by atoms with Crippen molar-refractivity contribution in [3.8, 4) is 11.8 Å². The number of benzene rings is 7. The molecule has 0 saturated carbocycles. The zero-order chi connectivity index (χ0) is 54.5. The summed E-state index contributed by atoms with van der Waals surface area (Å²) in [5.74, 6) is 0. The van der Waals surface area contributed by atoms with Crippen LogP contribution in [0.25, 0.3) is 47.7 Å². The maximum Gasteiger partial charge on any atom is 0.252 e. The molecule has 3 aliphatic heterocycles. The van der Waals surface area contributed by atoms with Gasteiger partial charge in [0.25, 0.3) is 6.71 Å². The van der Waals surface area contributed by atoms with Crippen LogP contribution >= 0.6 is 11.3 Å². The first-order valence-corrected chi connectivity index (χ1v) is 17.3. The summed E-state index contributed by atoms with van der Waals surface area (Å²) in [7, 11) is 0. The van der Waals surface area contributed by atoms with E-state index in [4.69, 9.17) is 9.60 Å². The Morgan fingerprint density at radius 1 is 0.623 bits per heavy atom. The zero-order valence-electron chi connectivity index (χ0n) is 49.8. The van der Waals surface area contributed by atoms with E-state index in [9.17, 15) is 25.8 Å². The van der Waals surface area contributed by atoms with Gasteiger partial charge in [0.1, 0.15) is 0 Å². The molecule has 0 fully saturated rings. The fraction of sp³-hybridized carbons (Fsp3) is 0.0851. The number of fused-ring (bicyclic) bond motifs is 12. The largest absolute Gasteiger partial charge is 0.311 e. The number of nitrogens with zero attached hydrogens (tertiary/aromatic N) is 4. The Labute approximate surface area is 342 Å². The number of hydrogen-bond donors (Lipinski definition) is 0. The summed E-state index contributed by atoms with van der Waals surface area (Å²) >= 11 is 0.718. The number of para-hydroxylation sites is 3. The Morgan fingerprint density at radius 2 is 1.36 bits per heavy atom. The third-order valence-electron chi connectivity index (χ3n) is 10.0. The molecule has 4 nitrogen and oxygen atoms in total. The molecule has 0 aliphatic carbocycles. The second kappa shape index (κ2) is 9.98. The van der Waals surface area contributed by atoms with Crippen molar-refractivity contribution in [1.82, 2.24) is 4.57 Å². The van der Waals surface area contributed by atoms with Crippen LogP contribution in [0, 0.1) is 11.3 Å². The van der Waals surface area contributed by atoms with E-state index in [0.29, 0.717) is 0 Å². The topological polar surface area (TPSA) is 35.2 Å². The van der Waals surface area contributed by atoms with Gasteiger partial charge in [0.05, 0.1) is 69.9 Å². The van der Waals surface area contributed by atoms with E-state index in [1.807, 2.05) is 6.07 Å². The van der Waals surface area contributed by atoms with E-state index in [0.717, 1.165) is 16.2 Å². The number of thiophene rings is 1. The van der Waals surface area contributed by atoms with E-state index < -0.39 is 168 Å². The lowest BCUT2D eigenvalue weighted by atomic mass is 9.33. The average molecular weight is 717 g/mol. The van der Waals surface area contributed by atoms with Crippen LogP contribution in [0.2, 0.25) is 0 Å². The Morgan fingerprint density at radius 3 is 2.21 bits per heavy atom. The number of nitriles is 1. The van der Waals surface area contributed by atoms with Crippen LogP contribution in [0.4, 0.5) is 34.1 Å². The summed E-state index contributed by atoms with van der Waals surface area (Å²) in [4.78, 5) is 2.19. The Hall–Kier alpha value is -6.29. The van der Waals surface area contributed by atoms with Crippen LogP contribution < -0.4 is 26.2 Å². The fourth-order valence-electron chi connectivity index (χ4n) is 7.82. The first-order chi connectivity index (χ1) is 35.1. The Kier molecular flexibility index (Phi) is 2.89. The molecule has 2 aromatic heterocycles. The predicted molar refractivity (Wildman–Crippen MR) is 225 cm³/mol. The van der Waals surface area contributed by atoms with Gasteiger partial charge in [0.15, 0.2) is 0 Å². The van der Waals surface area contributed by atoms with Gasteiger partial charge < -0.3 is 14.4 Å². The summed E-state index contributed by atoms with van der Waals surface area (Å²) in [6, 6.07) is -12.6. The van der Waals surface area contributed by atoms with Gasteiger partial charge in [-0.05, 0) is 81.7 Å². The van der Waals surface area contributed by atoms with Gasteiger partial charge in [0, 0.05) is 53.7 Å². The maximum absolute atomic E-state index is 11.0. The molecule has 5 heterocycles. The van der Waals surface area contributed by atoms with Crippen molar-refractivity contribution in [1.29, 1.82) is 5.26 Å². The minimum Gasteiger partial charge on any atom is -0.311 e. The molecule has 3 aliphatic rings. The first-order valence-electron chi connectivity index (χ1n) is 27.5. The van der Waals surface area contributed by atoms with Crippen molar-refractivity contribution in [2.24, 2.45) is 0 Å². The van der Waals surface area contributed by atoms with Crippen LogP contribution in [-0.4, -0.2) is 11.3 Å². The van der Waals surface area contributed by atoms with Crippen molar-refractivity contribution < 1.29 is 30.2 Å². The third-order valence-corrected chi connectivity index (χ3v) is 11.1. The molecule has 9 aromatic rings. The molecular formula is C47H31BN4S. The molecule has 0 radical (unpaired) electrons. The number of aromatic nitrogens is 1. The van der Waals surface area contributed by atoms with Crippen molar-refractivity contribution in [2.75, 3.05) is 9.80 Å². The van der Waals surface area contributed by atoms with Crippen LogP contribution in [0.3, 0.4) is 0 Å². The average Bonchev–Trinajstić information content (AvgIpc) is 3.99. The minimum absolute atomic E-state index is 0.0236. The lowest BCUT2D eigenvalue weighted by Gasteiger charge is -2.46. The zero-order valence-corrected chi connectivity index (χ0v) is 28.6. The molecule has 0 saturated heterocycles. The quantitative estimate of drug-likeness (QED) is 0.159. The van der Waals surface area contributed by atoms with Crippen molar-refractivity contribution in [2.45, 2.75) is 26.2 Å². The highest BCUT2D eigenvalue weighted by molar-refractivity contribution is 7.25. The van der Waals surface area contributed by atoms with Gasteiger partial charge in [-0.25, -0.2) is 0 Å². The summed E-state index contributed by atoms with van der Waals surface area (Å²) in [5, 5.41) is 10.2. The van der Waals surface area contributed by atoms with Crippen LogP contribution in [0.5, 0.6) is 0 Å². The second-order valence-electron chi connectivity index (χ2n) is 13.9. The smallest absolute Gasteiger partial charge is 0.252 e. The highest BCUT2D eigenvalue weighted by Crippen LogP contribution is 2.52. The molecule has 0 N–H and O–H groups in total. The lowest BCUT2D eigenvalue weighted by molar-refractivity contribution is 0.591. The maximum atomic E-state index is 11.0. The number of anilines is 6. The monoisotopic (exact) mass is 716 g/mol. The molecule has 0 bridgehead atoms. The van der Waals surface area contributed by atoms with E-state index in [1.54, 1.807) is 20.8 Å². The fourth-order valence-corrected chi connectivity index (χ4v) is 8.78. The van der Waals surface area contributed by atoms with Gasteiger partial charge in [-0.2, -0.15) is 5.26 Å². The second-order valence-corrected chi connectivity index (χ2v) is 15.0. The molecule has 248 valence electrons. The van der Waals surface area contributed by atoms with Gasteiger partial charge in [-0.3, -0.25) is 0 Å². The predicted octanol–water partition coefficient (Wildman–Crippen LogP) is 10.7. The van der Waals surface area contributed by atoms with E-state index in [-0.39, 0.29) is 86.7 Å². The lowest BCUT2D eigenvalue weighted by Crippen LogP contribution is -2.62. The van der Waals surface area contributed by atoms with E-state index in [1.165, 1.54) is 9.47 Å². The molecule has 7 aromatic carbocycles. The van der Waals surface area contributed by atoms with E-state index >= 15 is 0 Å². The molecule has 0 amide bonds. The molecule has 0 atom stereocenters. The molecule has 0 spiro atoms. The minimum atomic E-state index is -1.69. The molecule has 6 heteroatoms. The van der Waals surface area contributed by atoms with Gasteiger partial charge >= 0.3 is 0 Å². The summed E-state index contributed by atoms with van der Waals surface area (Å²) in [6.45, 7) is 3.34. The van der Waals surface area contributed by atoms with Gasteiger partial charge in [0.2, 0.25) is 0 Å². The summed E-state index contributed by atoms with van der Waals surface area (Å²) < 4.78 is 207. The molecule has 0 unspecified atom stereocenters. The Balaban J connectivity index is 1.37. The van der Waals surface area contributed by atoms with Gasteiger partial charge in [-0.1, -0.05) is 99.3 Å². The molecule has 53 heavy (non-hydrogen) atoms.